The first-order chi connectivity index (χ1) is 8.18. The second-order valence-electron chi connectivity index (χ2n) is 3.41. The van der Waals surface area contributed by atoms with E-state index >= 15 is 0 Å². The normalized spacial score (nSPS) is 19.2. The maximum absolute atomic E-state index is 11.6. The monoisotopic (exact) mass is 234 g/mol. The van der Waals surface area contributed by atoms with Crippen molar-refractivity contribution >= 4 is 23.7 Å². The Labute approximate surface area is 96.6 Å². The van der Waals surface area contributed by atoms with Crippen LogP contribution >= 0.6 is 0 Å². The van der Waals surface area contributed by atoms with Gasteiger partial charge in [-0.15, -0.1) is 0 Å². The molecule has 1 atom stereocenters. The molecule has 1 aromatic heterocycles. The molecule has 0 aliphatic carbocycles. The Morgan fingerprint density at radius 2 is 2.53 bits per heavy atom. The molecule has 0 aromatic carbocycles. The summed E-state index contributed by atoms with van der Waals surface area (Å²) in [6.45, 7) is 1.59. The third-order valence-electron chi connectivity index (χ3n) is 2.22. The van der Waals surface area contributed by atoms with Crippen LogP contribution in [0.1, 0.15) is 12.7 Å². The molecule has 0 saturated carbocycles. The van der Waals surface area contributed by atoms with Gasteiger partial charge in [0.05, 0.1) is 18.4 Å². The molecule has 0 saturated heterocycles. The number of carbonyl (C=O) groups is 2. The van der Waals surface area contributed by atoms with E-state index in [4.69, 9.17) is 4.42 Å². The van der Waals surface area contributed by atoms with Gasteiger partial charge in [0.15, 0.2) is 0 Å². The van der Waals surface area contributed by atoms with Crippen LogP contribution in [0, 0.1) is 5.92 Å². The quantitative estimate of drug-likeness (QED) is 0.562. The van der Waals surface area contributed by atoms with Crippen LogP contribution in [0.15, 0.2) is 33.0 Å². The highest BCUT2D eigenvalue weighted by Crippen LogP contribution is 2.05. The molecule has 0 unspecified atom stereocenters. The highest BCUT2D eigenvalue weighted by Gasteiger charge is 2.30. The van der Waals surface area contributed by atoms with Crippen molar-refractivity contribution in [1.29, 1.82) is 0 Å². The van der Waals surface area contributed by atoms with E-state index in [9.17, 15) is 9.59 Å². The average molecular weight is 234 g/mol. The molecular weight excluding hydrogens is 224 g/mol. The number of amides is 2. The number of rotatable bonds is 3. The van der Waals surface area contributed by atoms with Crippen molar-refractivity contribution in [1.82, 2.24) is 10.9 Å². The van der Waals surface area contributed by atoms with Gasteiger partial charge < -0.3 is 4.42 Å². The second kappa shape index (κ2) is 4.60. The van der Waals surface area contributed by atoms with Crippen LogP contribution in [-0.4, -0.2) is 23.7 Å². The van der Waals surface area contributed by atoms with Gasteiger partial charge in [-0.1, -0.05) is 0 Å². The zero-order valence-electron chi connectivity index (χ0n) is 9.01. The lowest BCUT2D eigenvalue weighted by Crippen LogP contribution is -2.32. The molecule has 0 bridgehead atoms. The predicted molar refractivity (Wildman–Crippen MR) is 59.2 cm³/mol. The Hall–Kier alpha value is -2.44. The van der Waals surface area contributed by atoms with Crippen LogP contribution in [-0.2, 0) is 9.59 Å². The standard InChI is InChI=1S/C10H10N4O3/c1-6-8(12-14-9(6)15)10(16)13-11-5-7-3-2-4-17-7/h2-6H,1H3,(H,13,16)(H,14,15)/t6-/m0/s1. The Morgan fingerprint density at radius 1 is 1.71 bits per heavy atom. The molecule has 1 aromatic rings. The number of carbonyl (C=O) groups excluding carboxylic acids is 2. The molecular formula is C10H10N4O3. The molecule has 17 heavy (non-hydrogen) atoms. The molecule has 0 spiro atoms. The van der Waals surface area contributed by atoms with Crippen LogP contribution in [0.2, 0.25) is 0 Å². The summed E-state index contributed by atoms with van der Waals surface area (Å²) < 4.78 is 4.98. The molecule has 2 heterocycles. The van der Waals surface area contributed by atoms with Crippen molar-refractivity contribution in [3.63, 3.8) is 0 Å². The SMILES string of the molecule is C[C@@H]1C(=O)NN=C1C(=O)NN=Cc1ccco1. The number of nitrogens with zero attached hydrogens (tertiary/aromatic N) is 2. The van der Waals surface area contributed by atoms with E-state index in [0.717, 1.165) is 0 Å². The summed E-state index contributed by atoms with van der Waals surface area (Å²) in [6, 6.07) is 3.39. The molecule has 1 aliphatic heterocycles. The molecule has 7 heteroatoms. The average Bonchev–Trinajstić information content (AvgIpc) is 2.91. The smallest absolute Gasteiger partial charge is 0.288 e. The van der Waals surface area contributed by atoms with Gasteiger partial charge in [0.25, 0.3) is 5.91 Å². The van der Waals surface area contributed by atoms with Crippen LogP contribution in [0.4, 0.5) is 0 Å². The fourth-order valence-corrected chi connectivity index (χ4v) is 1.26. The topological polar surface area (TPSA) is 96.1 Å². The second-order valence-corrected chi connectivity index (χ2v) is 3.41. The zero-order valence-corrected chi connectivity index (χ0v) is 9.01. The summed E-state index contributed by atoms with van der Waals surface area (Å²) in [6.07, 6.45) is 2.85. The maximum atomic E-state index is 11.6. The minimum absolute atomic E-state index is 0.117. The van der Waals surface area contributed by atoms with Gasteiger partial charge in [-0.2, -0.15) is 10.2 Å². The summed E-state index contributed by atoms with van der Waals surface area (Å²) in [5, 5.41) is 7.30. The molecule has 2 amide bonds. The van der Waals surface area contributed by atoms with E-state index in [-0.39, 0.29) is 11.6 Å². The highest BCUT2D eigenvalue weighted by molar-refractivity contribution is 6.44. The first-order valence-electron chi connectivity index (χ1n) is 4.93. The first kappa shape index (κ1) is 11.1. The van der Waals surface area contributed by atoms with E-state index in [1.165, 1.54) is 12.5 Å². The minimum atomic E-state index is -0.561. The summed E-state index contributed by atoms with van der Waals surface area (Å²) in [5.41, 5.74) is 4.60. The number of nitrogens with one attached hydrogen (secondary N) is 2. The summed E-state index contributed by atoms with van der Waals surface area (Å²) in [7, 11) is 0. The van der Waals surface area contributed by atoms with Crippen molar-refractivity contribution < 1.29 is 14.0 Å². The van der Waals surface area contributed by atoms with Crippen molar-refractivity contribution in [2.75, 3.05) is 0 Å². The van der Waals surface area contributed by atoms with Crippen LogP contribution in [0.5, 0.6) is 0 Å². The molecule has 0 radical (unpaired) electrons. The van der Waals surface area contributed by atoms with E-state index in [0.29, 0.717) is 5.76 Å². The highest BCUT2D eigenvalue weighted by atomic mass is 16.3. The zero-order chi connectivity index (χ0) is 12.3. The molecule has 2 rings (SSSR count). The maximum Gasteiger partial charge on any atom is 0.288 e. The molecule has 2 N–H and O–H groups in total. The van der Waals surface area contributed by atoms with E-state index in [1.54, 1.807) is 19.1 Å². The summed E-state index contributed by atoms with van der Waals surface area (Å²) in [5.74, 6) is -0.862. The van der Waals surface area contributed by atoms with Gasteiger partial charge in [0.1, 0.15) is 11.5 Å². The van der Waals surface area contributed by atoms with Crippen molar-refractivity contribution in [3.8, 4) is 0 Å². The number of hydrogen-bond acceptors (Lipinski definition) is 5. The van der Waals surface area contributed by atoms with E-state index < -0.39 is 11.8 Å². The van der Waals surface area contributed by atoms with Crippen molar-refractivity contribution in [2.24, 2.45) is 16.1 Å². The number of hydrazone groups is 2. The Morgan fingerprint density at radius 3 is 3.12 bits per heavy atom. The van der Waals surface area contributed by atoms with Crippen molar-refractivity contribution in [2.45, 2.75) is 6.92 Å². The lowest BCUT2D eigenvalue weighted by Gasteiger charge is -2.01. The Bertz CT molecular complexity index is 490. The van der Waals surface area contributed by atoms with Gasteiger partial charge in [-0.3, -0.25) is 9.59 Å². The van der Waals surface area contributed by atoms with Gasteiger partial charge in [0.2, 0.25) is 5.91 Å². The van der Waals surface area contributed by atoms with Gasteiger partial charge in [-0.05, 0) is 19.1 Å². The Balaban J connectivity index is 1.92. The first-order valence-corrected chi connectivity index (χ1v) is 4.93. The molecule has 88 valence electrons. The van der Waals surface area contributed by atoms with Gasteiger partial charge in [0, 0.05) is 0 Å². The lowest BCUT2D eigenvalue weighted by atomic mass is 10.1. The third-order valence-corrected chi connectivity index (χ3v) is 2.22. The predicted octanol–water partition coefficient (Wildman–Crippen LogP) is -0.148. The Kier molecular flexibility index (Phi) is 2.99. The minimum Gasteiger partial charge on any atom is -0.463 e. The molecule has 1 aliphatic rings. The fourth-order valence-electron chi connectivity index (χ4n) is 1.26. The van der Waals surface area contributed by atoms with E-state index in [1.807, 2.05) is 0 Å². The van der Waals surface area contributed by atoms with Gasteiger partial charge in [-0.25, -0.2) is 10.9 Å². The summed E-state index contributed by atoms with van der Waals surface area (Å²) in [4.78, 5) is 22.6. The van der Waals surface area contributed by atoms with Crippen molar-refractivity contribution in [3.05, 3.63) is 24.2 Å². The molecule has 0 fully saturated rings. The fraction of sp³-hybridized carbons (Fsp3) is 0.200. The largest absolute Gasteiger partial charge is 0.463 e. The summed E-state index contributed by atoms with van der Waals surface area (Å²) >= 11 is 0. The number of furan rings is 1. The van der Waals surface area contributed by atoms with E-state index in [2.05, 4.69) is 21.1 Å². The van der Waals surface area contributed by atoms with Crippen LogP contribution in [0.3, 0.4) is 0 Å². The number of hydrogen-bond donors (Lipinski definition) is 2. The van der Waals surface area contributed by atoms with Gasteiger partial charge >= 0.3 is 0 Å². The van der Waals surface area contributed by atoms with Crippen LogP contribution in [0.25, 0.3) is 0 Å². The molecule has 7 nitrogen and oxygen atoms in total. The lowest BCUT2D eigenvalue weighted by molar-refractivity contribution is -0.122. The van der Waals surface area contributed by atoms with Crippen LogP contribution < -0.4 is 10.9 Å². The third kappa shape index (κ3) is 2.39.